The lowest BCUT2D eigenvalue weighted by atomic mass is 9.96. The Hall–Kier alpha value is -2.77. The van der Waals surface area contributed by atoms with E-state index in [1.165, 1.54) is 6.07 Å². The summed E-state index contributed by atoms with van der Waals surface area (Å²) in [6.07, 6.45) is 3.32. The highest BCUT2D eigenvalue weighted by Gasteiger charge is 2.51. The first-order chi connectivity index (χ1) is 17.9. The highest BCUT2D eigenvalue weighted by atomic mass is 79.9. The van der Waals surface area contributed by atoms with Crippen molar-refractivity contribution in [1.29, 1.82) is 0 Å². The van der Waals surface area contributed by atoms with Gasteiger partial charge in [-0.05, 0) is 39.0 Å². The van der Waals surface area contributed by atoms with Gasteiger partial charge < -0.3 is 25.8 Å². The first-order valence-corrected chi connectivity index (χ1v) is 13.4. The summed E-state index contributed by atoms with van der Waals surface area (Å²) in [6, 6.07) is 1.29. The maximum Gasteiger partial charge on any atom is 0.286 e. The standard InChI is InChI=1S/C25H34BrF2N7O3/c1-13-9-34(10-14(2)31-13)24(37)19-5-16(26)6-20(33-38)22(19)32-21-11-35(12-25(21,27)28)23(36)18-7-17(29-4)8-30-15(18)3/h5-8,13-15,18,21,29,31-33,38H,9-12H2,1-4H3/t13-,14+,15?,18?,21-/m0/s1. The minimum atomic E-state index is -3.29. The summed E-state index contributed by atoms with van der Waals surface area (Å²) < 4.78 is 31.1. The summed E-state index contributed by atoms with van der Waals surface area (Å²) in [7, 11) is 1.70. The van der Waals surface area contributed by atoms with Gasteiger partial charge in [-0.2, -0.15) is 0 Å². The Morgan fingerprint density at radius 1 is 1.16 bits per heavy atom. The van der Waals surface area contributed by atoms with Crippen LogP contribution < -0.4 is 21.4 Å². The molecule has 1 aromatic rings. The molecule has 0 radical (unpaired) electrons. The number of hydrogen-bond acceptors (Lipinski definition) is 8. The van der Waals surface area contributed by atoms with Gasteiger partial charge in [0, 0.05) is 55.1 Å². The Bertz CT molecular complexity index is 1140. The van der Waals surface area contributed by atoms with E-state index in [1.807, 2.05) is 19.3 Å². The zero-order chi connectivity index (χ0) is 27.8. The summed E-state index contributed by atoms with van der Waals surface area (Å²) in [5.74, 6) is -4.75. The van der Waals surface area contributed by atoms with Gasteiger partial charge in [0.05, 0.1) is 35.4 Å². The normalized spacial score (nSPS) is 28.6. The molecule has 0 aliphatic carbocycles. The minimum Gasteiger partial charge on any atom is -0.387 e. The lowest BCUT2D eigenvalue weighted by molar-refractivity contribution is -0.134. The Kier molecular flexibility index (Phi) is 8.29. The van der Waals surface area contributed by atoms with Gasteiger partial charge in [0.25, 0.3) is 11.8 Å². The van der Waals surface area contributed by atoms with Crippen LogP contribution in [-0.4, -0.2) is 96.4 Å². The molecule has 2 unspecified atom stereocenters. The second kappa shape index (κ2) is 11.1. The van der Waals surface area contributed by atoms with E-state index in [0.29, 0.717) is 23.3 Å². The smallest absolute Gasteiger partial charge is 0.286 e. The van der Waals surface area contributed by atoms with E-state index in [2.05, 4.69) is 36.9 Å². The third-order valence-corrected chi connectivity index (χ3v) is 7.60. The van der Waals surface area contributed by atoms with Crippen LogP contribution in [0.5, 0.6) is 0 Å². The van der Waals surface area contributed by atoms with E-state index in [1.54, 1.807) is 37.2 Å². The predicted octanol–water partition coefficient (Wildman–Crippen LogP) is 2.52. The largest absolute Gasteiger partial charge is 0.387 e. The van der Waals surface area contributed by atoms with Crippen molar-refractivity contribution in [3.8, 4) is 0 Å². The summed E-state index contributed by atoms with van der Waals surface area (Å²) in [5.41, 5.74) is 2.92. The van der Waals surface area contributed by atoms with E-state index in [0.717, 1.165) is 4.90 Å². The molecule has 208 valence electrons. The van der Waals surface area contributed by atoms with Gasteiger partial charge in [-0.15, -0.1) is 0 Å². The fourth-order valence-corrected chi connectivity index (χ4v) is 5.72. The molecular weight excluding hydrogens is 564 g/mol. The van der Waals surface area contributed by atoms with E-state index >= 15 is 8.78 Å². The monoisotopic (exact) mass is 597 g/mol. The van der Waals surface area contributed by atoms with Crippen molar-refractivity contribution < 1.29 is 23.6 Å². The van der Waals surface area contributed by atoms with Gasteiger partial charge in [0.15, 0.2) is 0 Å². The second-order valence-electron chi connectivity index (χ2n) is 10.3. The number of alkyl halides is 2. The number of rotatable bonds is 6. The molecule has 3 aliphatic rings. The van der Waals surface area contributed by atoms with Crippen LogP contribution in [-0.2, 0) is 4.79 Å². The quantitative estimate of drug-likeness (QED) is 0.319. The molecule has 38 heavy (non-hydrogen) atoms. The van der Waals surface area contributed by atoms with Crippen LogP contribution in [0.3, 0.4) is 0 Å². The maximum atomic E-state index is 15.3. The first-order valence-electron chi connectivity index (χ1n) is 12.6. The number of nitrogens with one attached hydrogen (secondary N) is 4. The zero-order valence-electron chi connectivity index (χ0n) is 21.8. The molecule has 0 bridgehead atoms. The molecule has 0 saturated carbocycles. The van der Waals surface area contributed by atoms with Gasteiger partial charge in [0.2, 0.25) is 5.91 Å². The highest BCUT2D eigenvalue weighted by Crippen LogP contribution is 2.37. The van der Waals surface area contributed by atoms with E-state index in [-0.39, 0.29) is 47.5 Å². The molecule has 3 aliphatic heterocycles. The van der Waals surface area contributed by atoms with Crippen molar-refractivity contribution in [3.63, 3.8) is 0 Å². The molecule has 2 saturated heterocycles. The summed E-state index contributed by atoms with van der Waals surface area (Å²) >= 11 is 3.34. The number of amides is 2. The summed E-state index contributed by atoms with van der Waals surface area (Å²) in [4.78, 5) is 34.0. The van der Waals surface area contributed by atoms with Crippen molar-refractivity contribution in [1.82, 2.24) is 20.4 Å². The molecule has 13 heteroatoms. The summed E-state index contributed by atoms with van der Waals surface area (Å²) in [5, 5.41) is 18.9. The average Bonchev–Trinajstić information content (AvgIpc) is 3.17. The van der Waals surface area contributed by atoms with E-state index in [4.69, 9.17) is 0 Å². The van der Waals surface area contributed by atoms with Crippen LogP contribution in [0.1, 0.15) is 31.1 Å². The summed E-state index contributed by atoms with van der Waals surface area (Å²) in [6.45, 7) is 5.55. The predicted molar refractivity (Wildman–Crippen MR) is 145 cm³/mol. The van der Waals surface area contributed by atoms with Gasteiger partial charge in [0.1, 0.15) is 6.04 Å². The molecule has 2 fully saturated rings. The molecule has 1 aromatic carbocycles. The van der Waals surface area contributed by atoms with Crippen LogP contribution >= 0.6 is 15.9 Å². The highest BCUT2D eigenvalue weighted by molar-refractivity contribution is 9.10. The first kappa shape index (κ1) is 28.2. The number of nitrogens with zero attached hydrogens (tertiary/aromatic N) is 3. The van der Waals surface area contributed by atoms with Crippen molar-refractivity contribution in [2.45, 2.75) is 50.9 Å². The van der Waals surface area contributed by atoms with Crippen LogP contribution in [0.4, 0.5) is 20.2 Å². The van der Waals surface area contributed by atoms with Crippen LogP contribution in [0.15, 0.2) is 33.4 Å². The third kappa shape index (κ3) is 5.79. The molecule has 4 rings (SSSR count). The fourth-order valence-electron chi connectivity index (χ4n) is 5.26. The Balaban J connectivity index is 1.60. The second-order valence-corrected chi connectivity index (χ2v) is 11.2. The number of aliphatic imine (C=N–C) groups is 1. The van der Waals surface area contributed by atoms with E-state index in [9.17, 15) is 14.8 Å². The molecular formula is C25H34BrF2N7O3. The van der Waals surface area contributed by atoms with Gasteiger partial charge >= 0.3 is 0 Å². The average molecular weight is 598 g/mol. The number of benzene rings is 1. The van der Waals surface area contributed by atoms with Gasteiger partial charge in [-0.25, -0.2) is 8.78 Å². The Morgan fingerprint density at radius 3 is 2.47 bits per heavy atom. The molecule has 2 amide bonds. The van der Waals surface area contributed by atoms with Crippen molar-refractivity contribution >= 4 is 45.3 Å². The number of halogens is 3. The number of piperazine rings is 1. The zero-order valence-corrected chi connectivity index (χ0v) is 23.3. The number of anilines is 2. The number of carbonyl (C=O) groups excluding carboxylic acids is 2. The Morgan fingerprint density at radius 2 is 1.84 bits per heavy atom. The van der Waals surface area contributed by atoms with Crippen LogP contribution in [0.2, 0.25) is 0 Å². The number of carbonyl (C=O) groups is 2. The SMILES string of the molecule is CNC1=CC(C(=O)N2C[C@H](Nc3c(NO)cc(Br)cc3C(=O)N3C[C@@H](C)N[C@@H](C)C3)C(F)(F)C2)C(C)N=C1. The number of likely N-dealkylation sites (tertiary alicyclic amines) is 1. The van der Waals surface area contributed by atoms with E-state index < -0.39 is 30.3 Å². The lowest BCUT2D eigenvalue weighted by Gasteiger charge is -2.36. The third-order valence-electron chi connectivity index (χ3n) is 7.14. The molecule has 3 heterocycles. The molecule has 5 N–H and O–H groups in total. The molecule has 0 aromatic heterocycles. The van der Waals surface area contributed by atoms with Crippen molar-refractivity contribution in [2.75, 3.05) is 44.0 Å². The Labute approximate surface area is 229 Å². The molecule has 5 atom stereocenters. The molecule has 10 nitrogen and oxygen atoms in total. The number of dihydropyridines is 1. The van der Waals surface area contributed by atoms with Crippen LogP contribution in [0.25, 0.3) is 0 Å². The number of hydrogen-bond donors (Lipinski definition) is 5. The van der Waals surface area contributed by atoms with Crippen molar-refractivity contribution in [2.24, 2.45) is 10.9 Å². The fraction of sp³-hybridized carbons (Fsp3) is 0.560. The molecule has 0 spiro atoms. The topological polar surface area (TPSA) is 121 Å². The minimum absolute atomic E-state index is 0.0477. The lowest BCUT2D eigenvalue weighted by Crippen LogP contribution is -2.56. The van der Waals surface area contributed by atoms with Crippen molar-refractivity contribution in [3.05, 3.63) is 33.9 Å². The maximum absolute atomic E-state index is 15.3. The van der Waals surface area contributed by atoms with Gasteiger partial charge in [-0.3, -0.25) is 25.3 Å². The van der Waals surface area contributed by atoms with Gasteiger partial charge in [-0.1, -0.05) is 15.9 Å². The van der Waals surface area contributed by atoms with Crippen LogP contribution in [0, 0.1) is 5.92 Å². The number of allylic oxidation sites excluding steroid dienone is 1.